The maximum atomic E-state index is 8.61. The highest BCUT2D eigenvalue weighted by Gasteiger charge is 2.05. The zero-order valence-corrected chi connectivity index (χ0v) is 10.8. The smallest absolute Gasteiger partial charge is 0.104 e. The van der Waals surface area contributed by atoms with E-state index in [1.807, 2.05) is 23.1 Å². The van der Waals surface area contributed by atoms with E-state index in [1.54, 1.807) is 17.5 Å². The summed E-state index contributed by atoms with van der Waals surface area (Å²) in [5.74, 6) is 5.50. The van der Waals surface area contributed by atoms with E-state index >= 15 is 0 Å². The minimum atomic E-state index is -0.112. The third-order valence-electron chi connectivity index (χ3n) is 2.31. The van der Waals surface area contributed by atoms with Gasteiger partial charge in [-0.1, -0.05) is 23.4 Å². The lowest BCUT2D eigenvalue weighted by Gasteiger charge is -2.01. The Kier molecular flexibility index (Phi) is 3.85. The summed E-state index contributed by atoms with van der Waals surface area (Å²) in [5, 5.41) is 15.5. The second kappa shape index (κ2) is 5.37. The largest absolute Gasteiger partial charge is 0.384 e. The molecule has 0 spiro atoms. The molecule has 2 aromatic rings. The highest BCUT2D eigenvalue weighted by Crippen LogP contribution is 2.18. The zero-order valence-electron chi connectivity index (χ0n) is 9.27. The molecule has 0 unspecified atom stereocenters. The molecule has 2 heterocycles. The summed E-state index contributed by atoms with van der Waals surface area (Å²) in [5.41, 5.74) is 1.89. The molecule has 0 saturated carbocycles. The van der Waals surface area contributed by atoms with Crippen molar-refractivity contribution >= 4 is 22.9 Å². The van der Waals surface area contributed by atoms with Crippen LogP contribution >= 0.6 is 22.9 Å². The average Bonchev–Trinajstić information content (AvgIpc) is 2.89. The zero-order chi connectivity index (χ0) is 12.3. The molecule has 0 aliphatic rings. The van der Waals surface area contributed by atoms with Gasteiger partial charge in [-0.3, -0.25) is 4.68 Å². The lowest BCUT2D eigenvalue weighted by molar-refractivity contribution is 0.350. The molecule has 0 bridgehead atoms. The molecular formula is C12H11ClN2OS. The fourth-order valence-electron chi connectivity index (χ4n) is 1.40. The van der Waals surface area contributed by atoms with Gasteiger partial charge in [-0.05, 0) is 13.0 Å². The van der Waals surface area contributed by atoms with Crippen LogP contribution in [-0.4, -0.2) is 21.5 Å². The van der Waals surface area contributed by atoms with Crippen molar-refractivity contribution in [2.45, 2.75) is 13.5 Å². The van der Waals surface area contributed by atoms with Gasteiger partial charge in [0.05, 0.1) is 23.5 Å². The quantitative estimate of drug-likeness (QED) is 0.847. The molecule has 17 heavy (non-hydrogen) atoms. The third-order valence-corrected chi connectivity index (χ3v) is 3.61. The summed E-state index contributed by atoms with van der Waals surface area (Å²) in [4.78, 5) is 1.16. The number of aliphatic hydroxyl groups is 1. The van der Waals surface area contributed by atoms with Crippen LogP contribution in [0.2, 0.25) is 5.02 Å². The minimum Gasteiger partial charge on any atom is -0.384 e. The first-order valence-electron chi connectivity index (χ1n) is 5.05. The van der Waals surface area contributed by atoms with Crippen LogP contribution in [-0.2, 0) is 6.54 Å². The Morgan fingerprint density at radius 2 is 2.41 bits per heavy atom. The summed E-state index contributed by atoms with van der Waals surface area (Å²) < 4.78 is 1.86. The van der Waals surface area contributed by atoms with Crippen LogP contribution in [0.5, 0.6) is 0 Å². The van der Waals surface area contributed by atoms with E-state index in [4.69, 9.17) is 16.7 Å². The van der Waals surface area contributed by atoms with E-state index in [2.05, 4.69) is 16.9 Å². The second-order valence-electron chi connectivity index (χ2n) is 3.50. The molecule has 0 radical (unpaired) electrons. The maximum absolute atomic E-state index is 8.61. The third kappa shape index (κ3) is 2.89. The Labute approximate surface area is 109 Å². The number of thiophene rings is 1. The molecule has 1 N–H and O–H groups in total. The van der Waals surface area contributed by atoms with Crippen molar-refractivity contribution < 1.29 is 5.11 Å². The highest BCUT2D eigenvalue weighted by atomic mass is 35.5. The number of hydrogen-bond donors (Lipinski definition) is 1. The van der Waals surface area contributed by atoms with Crippen LogP contribution in [0.4, 0.5) is 0 Å². The van der Waals surface area contributed by atoms with Crippen molar-refractivity contribution in [1.82, 2.24) is 9.78 Å². The predicted molar refractivity (Wildman–Crippen MR) is 69.4 cm³/mol. The Bertz CT molecular complexity index is 577. The predicted octanol–water partition coefficient (Wildman–Crippen LogP) is 2.30. The molecule has 0 aromatic carbocycles. The first kappa shape index (κ1) is 12.2. The van der Waals surface area contributed by atoms with Gasteiger partial charge in [-0.25, -0.2) is 0 Å². The summed E-state index contributed by atoms with van der Waals surface area (Å²) >= 11 is 7.56. The van der Waals surface area contributed by atoms with Crippen molar-refractivity contribution in [3.05, 3.63) is 38.8 Å². The Hall–Kier alpha value is -1.28. The monoisotopic (exact) mass is 266 g/mol. The molecule has 88 valence electrons. The Morgan fingerprint density at radius 3 is 3.06 bits per heavy atom. The van der Waals surface area contributed by atoms with Gasteiger partial charge in [0.15, 0.2) is 0 Å². The summed E-state index contributed by atoms with van der Waals surface area (Å²) in [6.07, 6.45) is 1.65. The fourth-order valence-corrected chi connectivity index (χ4v) is 2.34. The molecule has 0 amide bonds. The SMILES string of the molecule is Cc1c(Cl)cnn1Cc1cc(C#CCO)cs1. The van der Waals surface area contributed by atoms with Crippen LogP contribution in [0, 0.1) is 18.8 Å². The van der Waals surface area contributed by atoms with Gasteiger partial charge >= 0.3 is 0 Å². The number of hydrogen-bond acceptors (Lipinski definition) is 3. The van der Waals surface area contributed by atoms with Crippen LogP contribution < -0.4 is 0 Å². The lowest BCUT2D eigenvalue weighted by Crippen LogP contribution is -2.01. The lowest BCUT2D eigenvalue weighted by atomic mass is 10.3. The highest BCUT2D eigenvalue weighted by molar-refractivity contribution is 7.10. The molecule has 0 atom stereocenters. The summed E-state index contributed by atoms with van der Waals surface area (Å²) in [6, 6.07) is 2.00. The van der Waals surface area contributed by atoms with Gasteiger partial charge in [0, 0.05) is 15.8 Å². The van der Waals surface area contributed by atoms with Crippen LogP contribution in [0.15, 0.2) is 17.6 Å². The van der Waals surface area contributed by atoms with Gasteiger partial charge in [-0.2, -0.15) is 5.10 Å². The van der Waals surface area contributed by atoms with Gasteiger partial charge in [-0.15, -0.1) is 11.3 Å². The molecule has 0 saturated heterocycles. The molecular weight excluding hydrogens is 256 g/mol. The van der Waals surface area contributed by atoms with Crippen molar-refractivity contribution in [3.8, 4) is 11.8 Å². The van der Waals surface area contributed by atoms with Crippen molar-refractivity contribution in [2.24, 2.45) is 0 Å². The Balaban J connectivity index is 2.14. The summed E-state index contributed by atoms with van der Waals surface area (Å²) in [6.45, 7) is 2.53. The van der Waals surface area contributed by atoms with Gasteiger partial charge in [0.2, 0.25) is 0 Å². The van der Waals surface area contributed by atoms with Crippen LogP contribution in [0.1, 0.15) is 16.1 Å². The number of halogens is 1. The molecule has 5 heteroatoms. The minimum absolute atomic E-state index is 0.112. The van der Waals surface area contributed by atoms with E-state index in [-0.39, 0.29) is 6.61 Å². The van der Waals surface area contributed by atoms with Crippen molar-refractivity contribution in [3.63, 3.8) is 0 Å². The molecule has 0 aliphatic heterocycles. The van der Waals surface area contributed by atoms with Gasteiger partial charge in [0.25, 0.3) is 0 Å². The topological polar surface area (TPSA) is 38.0 Å². The van der Waals surface area contributed by atoms with E-state index in [1.165, 1.54) is 0 Å². The standard InChI is InChI=1S/C12H11ClN2OS/c1-9-12(13)6-14-15(9)7-11-5-10(8-17-11)3-2-4-16/h5-6,8,16H,4,7H2,1H3. The number of aliphatic hydroxyl groups excluding tert-OH is 1. The van der Waals surface area contributed by atoms with Gasteiger partial charge in [0.1, 0.15) is 6.61 Å². The van der Waals surface area contributed by atoms with E-state index in [0.29, 0.717) is 11.6 Å². The van der Waals surface area contributed by atoms with Crippen LogP contribution in [0.25, 0.3) is 0 Å². The van der Waals surface area contributed by atoms with E-state index in [0.717, 1.165) is 16.1 Å². The number of aromatic nitrogens is 2. The second-order valence-corrected chi connectivity index (χ2v) is 4.90. The molecule has 3 nitrogen and oxygen atoms in total. The average molecular weight is 267 g/mol. The molecule has 0 aliphatic carbocycles. The van der Waals surface area contributed by atoms with Gasteiger partial charge < -0.3 is 5.11 Å². The normalized spacial score (nSPS) is 10.1. The summed E-state index contributed by atoms with van der Waals surface area (Å²) in [7, 11) is 0. The van der Waals surface area contributed by atoms with Crippen molar-refractivity contribution in [1.29, 1.82) is 0 Å². The first-order valence-corrected chi connectivity index (χ1v) is 6.31. The van der Waals surface area contributed by atoms with E-state index in [9.17, 15) is 0 Å². The number of nitrogens with zero attached hydrogens (tertiary/aromatic N) is 2. The Morgan fingerprint density at radius 1 is 1.59 bits per heavy atom. The van der Waals surface area contributed by atoms with Crippen LogP contribution in [0.3, 0.4) is 0 Å². The van der Waals surface area contributed by atoms with Crippen molar-refractivity contribution in [2.75, 3.05) is 6.61 Å². The maximum Gasteiger partial charge on any atom is 0.104 e. The molecule has 2 rings (SSSR count). The first-order chi connectivity index (χ1) is 8.20. The molecule has 2 aromatic heterocycles. The molecule has 0 fully saturated rings. The van der Waals surface area contributed by atoms with E-state index < -0.39 is 0 Å². The number of rotatable bonds is 2. The fraction of sp³-hybridized carbons (Fsp3) is 0.250.